The maximum absolute atomic E-state index is 11.9. The van der Waals surface area contributed by atoms with Gasteiger partial charge in [0.05, 0.1) is 14.2 Å². The van der Waals surface area contributed by atoms with Gasteiger partial charge in [0, 0.05) is 13.1 Å². The first kappa shape index (κ1) is 23.5. The predicted octanol–water partition coefficient (Wildman–Crippen LogP) is 0.514. The minimum Gasteiger partial charge on any atom is -0.467 e. The average Bonchev–Trinajstić information content (AvgIpc) is 2.69. The zero-order chi connectivity index (χ0) is 21.1. The first-order valence-electron chi connectivity index (χ1n) is 9.51. The molecule has 0 bridgehead atoms. The molecule has 0 saturated heterocycles. The molecule has 4 N–H and O–H groups in total. The Balaban J connectivity index is 2.30. The second-order valence-electron chi connectivity index (χ2n) is 7.10. The lowest BCUT2D eigenvalue weighted by Gasteiger charge is -2.29. The van der Waals surface area contributed by atoms with Crippen LogP contribution in [-0.2, 0) is 19.1 Å². The number of carbonyl (C=O) groups is 4. The van der Waals surface area contributed by atoms with Gasteiger partial charge in [-0.25, -0.2) is 19.2 Å². The third-order valence-electron chi connectivity index (χ3n) is 4.80. The quantitative estimate of drug-likeness (QED) is 0.439. The molecule has 1 aliphatic rings. The molecule has 0 aromatic rings. The van der Waals surface area contributed by atoms with E-state index < -0.39 is 36.1 Å². The Kier molecular flexibility index (Phi) is 10.1. The third kappa shape index (κ3) is 8.45. The molecule has 4 atom stereocenters. The van der Waals surface area contributed by atoms with Crippen LogP contribution in [0, 0.1) is 11.8 Å². The lowest BCUT2D eigenvalue weighted by atomic mass is 9.81. The van der Waals surface area contributed by atoms with Gasteiger partial charge >= 0.3 is 24.0 Å². The van der Waals surface area contributed by atoms with Gasteiger partial charge < -0.3 is 30.7 Å². The molecule has 4 unspecified atom stereocenters. The largest absolute Gasteiger partial charge is 0.467 e. The van der Waals surface area contributed by atoms with Crippen molar-refractivity contribution in [2.45, 2.75) is 51.6 Å². The Morgan fingerprint density at radius 2 is 1.21 bits per heavy atom. The highest BCUT2D eigenvalue weighted by atomic mass is 16.5. The molecule has 0 aliphatic heterocycles. The molecule has 0 aromatic heterocycles. The van der Waals surface area contributed by atoms with Crippen molar-refractivity contribution < 1.29 is 28.7 Å². The Labute approximate surface area is 165 Å². The van der Waals surface area contributed by atoms with Crippen LogP contribution in [0.3, 0.4) is 0 Å². The molecule has 4 amide bonds. The van der Waals surface area contributed by atoms with Crippen LogP contribution in [0.1, 0.15) is 39.5 Å². The normalized spacial score (nSPS) is 20.9. The predicted molar refractivity (Wildman–Crippen MR) is 101 cm³/mol. The monoisotopic (exact) mass is 400 g/mol. The molecule has 1 saturated carbocycles. The van der Waals surface area contributed by atoms with E-state index in [2.05, 4.69) is 30.7 Å². The highest BCUT2D eigenvalue weighted by Gasteiger charge is 2.24. The minimum atomic E-state index is -0.709. The smallest absolute Gasteiger partial charge is 0.328 e. The van der Waals surface area contributed by atoms with E-state index in [1.807, 2.05) is 0 Å². The molecular formula is C18H32N4O6. The molecule has 160 valence electrons. The summed E-state index contributed by atoms with van der Waals surface area (Å²) >= 11 is 0. The summed E-state index contributed by atoms with van der Waals surface area (Å²) in [7, 11) is 2.54. The average molecular weight is 400 g/mol. The molecule has 10 nitrogen and oxygen atoms in total. The van der Waals surface area contributed by atoms with Crippen molar-refractivity contribution >= 4 is 24.0 Å². The lowest BCUT2D eigenvalue weighted by Crippen LogP contribution is -2.47. The van der Waals surface area contributed by atoms with E-state index in [-0.39, 0.29) is 0 Å². The van der Waals surface area contributed by atoms with Crippen molar-refractivity contribution in [3.05, 3.63) is 0 Å². The number of ether oxygens (including phenoxy) is 2. The molecule has 0 heterocycles. The fourth-order valence-corrected chi connectivity index (χ4v) is 3.21. The first-order chi connectivity index (χ1) is 13.3. The van der Waals surface area contributed by atoms with Crippen molar-refractivity contribution in [1.29, 1.82) is 0 Å². The van der Waals surface area contributed by atoms with Gasteiger partial charge in [0.2, 0.25) is 0 Å². The van der Waals surface area contributed by atoms with E-state index in [4.69, 9.17) is 0 Å². The van der Waals surface area contributed by atoms with E-state index >= 15 is 0 Å². The van der Waals surface area contributed by atoms with Crippen LogP contribution in [0.2, 0.25) is 0 Å². The van der Waals surface area contributed by atoms with Gasteiger partial charge in [-0.05, 0) is 44.9 Å². The van der Waals surface area contributed by atoms with Crippen LogP contribution in [0.15, 0.2) is 0 Å². The number of rotatable bonds is 8. The van der Waals surface area contributed by atoms with Gasteiger partial charge in [-0.15, -0.1) is 0 Å². The fraction of sp³-hybridized carbons (Fsp3) is 0.778. The summed E-state index contributed by atoms with van der Waals surface area (Å²) in [5, 5.41) is 10.6. The van der Waals surface area contributed by atoms with Crippen LogP contribution in [0.25, 0.3) is 0 Å². The molecule has 0 spiro atoms. The zero-order valence-corrected chi connectivity index (χ0v) is 17.0. The van der Waals surface area contributed by atoms with Gasteiger partial charge in [0.1, 0.15) is 12.1 Å². The summed E-state index contributed by atoms with van der Waals surface area (Å²) in [6, 6.07) is -2.23. The highest BCUT2D eigenvalue weighted by molar-refractivity contribution is 5.83. The number of hydrogen-bond acceptors (Lipinski definition) is 6. The number of nitrogens with one attached hydrogen (secondary N) is 4. The van der Waals surface area contributed by atoms with Crippen molar-refractivity contribution in [1.82, 2.24) is 21.3 Å². The SMILES string of the molecule is COC(=O)C(C)NC(=O)NCC1CCCC(CNC(=O)NC(C)C(=O)OC)C1. The molecular weight excluding hydrogens is 368 g/mol. The third-order valence-corrected chi connectivity index (χ3v) is 4.80. The Hall–Kier alpha value is -2.52. The van der Waals surface area contributed by atoms with Crippen LogP contribution >= 0.6 is 0 Å². The van der Waals surface area contributed by atoms with E-state index in [9.17, 15) is 19.2 Å². The van der Waals surface area contributed by atoms with Crippen LogP contribution in [0.4, 0.5) is 9.59 Å². The molecule has 28 heavy (non-hydrogen) atoms. The second kappa shape index (κ2) is 12.0. The van der Waals surface area contributed by atoms with Crippen LogP contribution < -0.4 is 21.3 Å². The molecule has 0 aromatic carbocycles. The summed E-state index contributed by atoms with van der Waals surface area (Å²) in [6.45, 7) is 4.11. The summed E-state index contributed by atoms with van der Waals surface area (Å²) in [5.74, 6) is -0.397. The van der Waals surface area contributed by atoms with Gasteiger partial charge in [0.25, 0.3) is 0 Å². The first-order valence-corrected chi connectivity index (χ1v) is 9.51. The maximum atomic E-state index is 11.9. The van der Waals surface area contributed by atoms with Crippen molar-refractivity contribution in [2.24, 2.45) is 11.8 Å². The van der Waals surface area contributed by atoms with E-state index in [0.717, 1.165) is 25.7 Å². The molecule has 0 radical (unpaired) electrons. The number of esters is 2. The Bertz CT molecular complexity index is 510. The van der Waals surface area contributed by atoms with E-state index in [1.165, 1.54) is 14.2 Å². The number of carbonyl (C=O) groups excluding carboxylic acids is 4. The van der Waals surface area contributed by atoms with Crippen LogP contribution in [0.5, 0.6) is 0 Å². The number of hydrogen-bond donors (Lipinski definition) is 4. The summed E-state index contributed by atoms with van der Waals surface area (Å²) < 4.78 is 9.13. The summed E-state index contributed by atoms with van der Waals surface area (Å²) in [4.78, 5) is 46.4. The lowest BCUT2D eigenvalue weighted by molar-refractivity contribution is -0.143. The highest BCUT2D eigenvalue weighted by Crippen LogP contribution is 2.28. The maximum Gasteiger partial charge on any atom is 0.328 e. The van der Waals surface area contributed by atoms with Crippen LogP contribution in [-0.4, -0.2) is 63.4 Å². The topological polar surface area (TPSA) is 135 Å². The van der Waals surface area contributed by atoms with Gasteiger partial charge in [-0.2, -0.15) is 0 Å². The molecule has 10 heteroatoms. The second-order valence-corrected chi connectivity index (χ2v) is 7.10. The van der Waals surface area contributed by atoms with E-state index in [1.54, 1.807) is 13.8 Å². The standard InChI is InChI=1S/C18H32N4O6/c1-11(15(23)27-3)21-17(25)19-9-13-6-5-7-14(8-13)10-20-18(26)22-12(2)16(24)28-4/h11-14H,5-10H2,1-4H3,(H2,19,21,25)(H2,20,22,26). The number of amides is 4. The van der Waals surface area contributed by atoms with E-state index in [0.29, 0.717) is 24.9 Å². The summed E-state index contributed by atoms with van der Waals surface area (Å²) in [5.41, 5.74) is 0. The fourth-order valence-electron chi connectivity index (χ4n) is 3.21. The molecule has 1 fully saturated rings. The van der Waals surface area contributed by atoms with Crippen molar-refractivity contribution in [2.75, 3.05) is 27.3 Å². The molecule has 1 aliphatic carbocycles. The number of urea groups is 2. The van der Waals surface area contributed by atoms with Crippen molar-refractivity contribution in [3.63, 3.8) is 0 Å². The van der Waals surface area contributed by atoms with Gasteiger partial charge in [-0.1, -0.05) is 6.42 Å². The number of methoxy groups -OCH3 is 2. The Morgan fingerprint density at radius 3 is 1.57 bits per heavy atom. The summed E-state index contributed by atoms with van der Waals surface area (Å²) in [6.07, 6.45) is 3.88. The Morgan fingerprint density at radius 1 is 0.821 bits per heavy atom. The minimum absolute atomic E-state index is 0.303. The zero-order valence-electron chi connectivity index (χ0n) is 17.0. The van der Waals surface area contributed by atoms with Gasteiger partial charge in [-0.3, -0.25) is 0 Å². The molecule has 1 rings (SSSR count). The van der Waals surface area contributed by atoms with Crippen molar-refractivity contribution in [3.8, 4) is 0 Å². The van der Waals surface area contributed by atoms with Gasteiger partial charge in [0.15, 0.2) is 0 Å².